The smallest absolute Gasteiger partial charge is 0.127 e. The number of rotatable bonds is 9. The number of nitrogens with one attached hydrogen (secondary N) is 1. The highest BCUT2D eigenvalue weighted by Crippen LogP contribution is 2.32. The van der Waals surface area contributed by atoms with E-state index in [0.717, 1.165) is 24.4 Å². The summed E-state index contributed by atoms with van der Waals surface area (Å²) in [6, 6.07) is 4.88. The normalized spacial score (nSPS) is 14.6. The van der Waals surface area contributed by atoms with Crippen LogP contribution in [0, 0.1) is 11.7 Å². The Morgan fingerprint density at radius 3 is 2.84 bits per heavy atom. The fourth-order valence-corrected chi connectivity index (χ4v) is 1.96. The lowest BCUT2D eigenvalue weighted by atomic mass is 10.2. The molecule has 1 aromatic rings. The molecule has 0 unspecified atom stereocenters. The first-order valence-electron chi connectivity index (χ1n) is 6.90. The van der Waals surface area contributed by atoms with Crippen LogP contribution in [0.4, 0.5) is 4.39 Å². The predicted molar refractivity (Wildman–Crippen MR) is 72.8 cm³/mol. The lowest BCUT2D eigenvalue weighted by molar-refractivity contribution is 0.199. The Hall–Kier alpha value is -1.13. The summed E-state index contributed by atoms with van der Waals surface area (Å²) in [5, 5.41) is 3.19. The molecule has 0 aliphatic heterocycles. The van der Waals surface area contributed by atoms with Gasteiger partial charge in [0, 0.05) is 26.3 Å². The second-order valence-corrected chi connectivity index (χ2v) is 5.05. The molecule has 0 bridgehead atoms. The summed E-state index contributed by atoms with van der Waals surface area (Å²) in [5.41, 5.74) is 0.900. The molecule has 2 rings (SSSR count). The standard InChI is InChI=1S/C15H22FNO2/c1-18-7-5-17-11-13-8-14(16)10-15(9-13)19-6-4-12-2-3-12/h8-10,12,17H,2-7,11H2,1H3. The molecule has 1 aromatic carbocycles. The van der Waals surface area contributed by atoms with E-state index in [1.54, 1.807) is 7.11 Å². The largest absolute Gasteiger partial charge is 0.493 e. The van der Waals surface area contributed by atoms with E-state index in [1.165, 1.54) is 25.0 Å². The van der Waals surface area contributed by atoms with Crippen LogP contribution in [0.1, 0.15) is 24.8 Å². The van der Waals surface area contributed by atoms with E-state index in [9.17, 15) is 4.39 Å². The van der Waals surface area contributed by atoms with Gasteiger partial charge in [-0.05, 0) is 30.0 Å². The van der Waals surface area contributed by atoms with E-state index in [2.05, 4.69) is 5.32 Å². The van der Waals surface area contributed by atoms with Crippen LogP contribution in [-0.4, -0.2) is 26.9 Å². The molecule has 0 saturated heterocycles. The van der Waals surface area contributed by atoms with Crippen molar-refractivity contribution in [2.24, 2.45) is 5.92 Å². The summed E-state index contributed by atoms with van der Waals surface area (Å²) in [6.45, 7) is 2.72. The molecule has 106 valence electrons. The molecule has 19 heavy (non-hydrogen) atoms. The minimum Gasteiger partial charge on any atom is -0.493 e. The van der Waals surface area contributed by atoms with E-state index in [4.69, 9.17) is 9.47 Å². The Kier molecular flexibility index (Phi) is 5.61. The van der Waals surface area contributed by atoms with E-state index in [-0.39, 0.29) is 5.82 Å². The van der Waals surface area contributed by atoms with Gasteiger partial charge in [-0.2, -0.15) is 0 Å². The van der Waals surface area contributed by atoms with Crippen molar-refractivity contribution in [1.29, 1.82) is 0 Å². The Balaban J connectivity index is 1.79. The van der Waals surface area contributed by atoms with E-state index < -0.39 is 0 Å². The van der Waals surface area contributed by atoms with Crippen molar-refractivity contribution < 1.29 is 13.9 Å². The van der Waals surface area contributed by atoms with Crippen LogP contribution in [0.2, 0.25) is 0 Å². The molecular formula is C15H22FNO2. The Labute approximate surface area is 114 Å². The Morgan fingerprint density at radius 2 is 2.11 bits per heavy atom. The molecule has 0 atom stereocenters. The number of halogens is 1. The topological polar surface area (TPSA) is 30.5 Å². The number of benzene rings is 1. The van der Waals surface area contributed by atoms with Crippen molar-refractivity contribution >= 4 is 0 Å². The lowest BCUT2D eigenvalue weighted by Crippen LogP contribution is -2.18. The molecule has 0 radical (unpaired) electrons. The summed E-state index contributed by atoms with van der Waals surface area (Å²) in [7, 11) is 1.66. The summed E-state index contributed by atoms with van der Waals surface area (Å²) in [4.78, 5) is 0. The van der Waals surface area contributed by atoms with Gasteiger partial charge in [0.15, 0.2) is 0 Å². The molecule has 0 spiro atoms. The number of methoxy groups -OCH3 is 1. The van der Waals surface area contributed by atoms with Crippen LogP contribution in [0.25, 0.3) is 0 Å². The molecule has 1 aliphatic rings. The number of ether oxygens (including phenoxy) is 2. The van der Waals surface area contributed by atoms with E-state index >= 15 is 0 Å². The third-order valence-electron chi connectivity index (χ3n) is 3.23. The summed E-state index contributed by atoms with van der Waals surface area (Å²) in [5.74, 6) is 1.22. The second kappa shape index (κ2) is 7.46. The monoisotopic (exact) mass is 267 g/mol. The van der Waals surface area contributed by atoms with Crippen LogP contribution in [0.15, 0.2) is 18.2 Å². The van der Waals surface area contributed by atoms with Gasteiger partial charge in [-0.3, -0.25) is 0 Å². The van der Waals surface area contributed by atoms with Gasteiger partial charge >= 0.3 is 0 Å². The van der Waals surface area contributed by atoms with E-state index in [0.29, 0.717) is 25.5 Å². The Bertz CT molecular complexity index is 394. The average molecular weight is 267 g/mol. The van der Waals surface area contributed by atoms with Crippen molar-refractivity contribution in [2.75, 3.05) is 26.9 Å². The highest BCUT2D eigenvalue weighted by atomic mass is 19.1. The first kappa shape index (κ1) is 14.3. The molecule has 1 aliphatic carbocycles. The average Bonchev–Trinajstić information content (AvgIpc) is 3.18. The van der Waals surface area contributed by atoms with Gasteiger partial charge in [-0.1, -0.05) is 12.8 Å². The maximum Gasteiger partial charge on any atom is 0.127 e. The zero-order valence-corrected chi connectivity index (χ0v) is 11.5. The van der Waals surface area contributed by atoms with Crippen molar-refractivity contribution in [1.82, 2.24) is 5.32 Å². The van der Waals surface area contributed by atoms with Crippen molar-refractivity contribution in [3.8, 4) is 5.75 Å². The summed E-state index contributed by atoms with van der Waals surface area (Å²) in [6.07, 6.45) is 3.72. The van der Waals surface area contributed by atoms with Gasteiger partial charge in [0.1, 0.15) is 11.6 Å². The molecule has 1 fully saturated rings. The van der Waals surface area contributed by atoms with Gasteiger partial charge in [0.2, 0.25) is 0 Å². The first-order valence-corrected chi connectivity index (χ1v) is 6.90. The molecule has 0 amide bonds. The minimum atomic E-state index is -0.243. The third-order valence-corrected chi connectivity index (χ3v) is 3.23. The first-order chi connectivity index (χ1) is 9.28. The number of hydrogen-bond acceptors (Lipinski definition) is 3. The van der Waals surface area contributed by atoms with Gasteiger partial charge in [-0.25, -0.2) is 4.39 Å². The quantitative estimate of drug-likeness (QED) is 0.698. The van der Waals surface area contributed by atoms with Crippen LogP contribution < -0.4 is 10.1 Å². The van der Waals surface area contributed by atoms with Crippen LogP contribution >= 0.6 is 0 Å². The SMILES string of the molecule is COCCNCc1cc(F)cc(OCCC2CC2)c1. The zero-order chi connectivity index (χ0) is 13.5. The predicted octanol–water partition coefficient (Wildman–Crippen LogP) is 2.74. The van der Waals surface area contributed by atoms with Crippen molar-refractivity contribution in [3.63, 3.8) is 0 Å². The molecule has 1 N–H and O–H groups in total. The molecule has 4 heteroatoms. The maximum absolute atomic E-state index is 13.5. The van der Waals surface area contributed by atoms with Gasteiger partial charge < -0.3 is 14.8 Å². The third kappa shape index (κ3) is 5.57. The fourth-order valence-electron chi connectivity index (χ4n) is 1.96. The second-order valence-electron chi connectivity index (χ2n) is 5.05. The van der Waals surface area contributed by atoms with Gasteiger partial charge in [-0.15, -0.1) is 0 Å². The highest BCUT2D eigenvalue weighted by Gasteiger charge is 2.20. The Morgan fingerprint density at radius 1 is 1.26 bits per heavy atom. The summed E-state index contributed by atoms with van der Waals surface area (Å²) < 4.78 is 24.0. The van der Waals surface area contributed by atoms with Crippen molar-refractivity contribution in [2.45, 2.75) is 25.8 Å². The zero-order valence-electron chi connectivity index (χ0n) is 11.5. The highest BCUT2D eigenvalue weighted by molar-refractivity contribution is 5.29. The van der Waals surface area contributed by atoms with Crippen LogP contribution in [0.3, 0.4) is 0 Å². The molecule has 0 aromatic heterocycles. The molecule has 0 heterocycles. The molecular weight excluding hydrogens is 245 g/mol. The minimum absolute atomic E-state index is 0.243. The van der Waals surface area contributed by atoms with Crippen molar-refractivity contribution in [3.05, 3.63) is 29.6 Å². The fraction of sp³-hybridized carbons (Fsp3) is 0.600. The summed E-state index contributed by atoms with van der Waals surface area (Å²) >= 11 is 0. The molecule has 1 saturated carbocycles. The van der Waals surface area contributed by atoms with Crippen LogP contribution in [-0.2, 0) is 11.3 Å². The molecule has 3 nitrogen and oxygen atoms in total. The lowest BCUT2D eigenvalue weighted by Gasteiger charge is -2.09. The maximum atomic E-state index is 13.5. The number of hydrogen-bond donors (Lipinski definition) is 1. The van der Waals surface area contributed by atoms with Gasteiger partial charge in [0.25, 0.3) is 0 Å². The van der Waals surface area contributed by atoms with Crippen LogP contribution in [0.5, 0.6) is 5.75 Å². The van der Waals surface area contributed by atoms with Gasteiger partial charge in [0.05, 0.1) is 13.2 Å². The van der Waals surface area contributed by atoms with E-state index in [1.807, 2.05) is 6.07 Å².